The zero-order chi connectivity index (χ0) is 9.94. The van der Waals surface area contributed by atoms with Crippen LogP contribution in [0.1, 0.15) is 20.3 Å². The van der Waals surface area contributed by atoms with Crippen LogP contribution < -0.4 is 10.6 Å². The third-order valence-corrected chi connectivity index (χ3v) is 1.49. The third kappa shape index (κ3) is 11.4. The summed E-state index contributed by atoms with van der Waals surface area (Å²) in [4.78, 5) is 10.4. The van der Waals surface area contributed by atoms with Gasteiger partial charge in [0.25, 0.3) is 0 Å². The summed E-state index contributed by atoms with van der Waals surface area (Å²) in [5, 5.41) is 6.42. The number of ether oxygens (including phenoxy) is 1. The Morgan fingerprint density at radius 1 is 1.15 bits per heavy atom. The molecule has 0 radical (unpaired) electrons. The summed E-state index contributed by atoms with van der Waals surface area (Å²) in [6.45, 7) is 7.70. The van der Waals surface area contributed by atoms with E-state index in [9.17, 15) is 4.79 Å². The highest BCUT2D eigenvalue weighted by Gasteiger charge is 1.91. The Bertz CT molecular complexity index is 129. The number of hydrogen-bond acceptors (Lipinski definition) is 4. The average molecular weight is 188 g/mol. The molecule has 0 aromatic carbocycles. The molecule has 0 saturated heterocycles. The topological polar surface area (TPSA) is 50.4 Å². The van der Waals surface area contributed by atoms with Crippen LogP contribution in [-0.4, -0.2) is 38.8 Å². The third-order valence-electron chi connectivity index (χ3n) is 1.49. The fourth-order valence-electron chi connectivity index (χ4n) is 0.870. The van der Waals surface area contributed by atoms with E-state index in [2.05, 4.69) is 17.6 Å². The molecule has 0 heterocycles. The van der Waals surface area contributed by atoms with E-state index in [4.69, 9.17) is 4.74 Å². The molecule has 0 aliphatic carbocycles. The lowest BCUT2D eigenvalue weighted by molar-refractivity contribution is -0.140. The van der Waals surface area contributed by atoms with Crippen molar-refractivity contribution in [1.29, 1.82) is 0 Å². The van der Waals surface area contributed by atoms with Gasteiger partial charge in [-0.05, 0) is 13.0 Å². The number of hydrogen-bond donors (Lipinski definition) is 2. The largest absolute Gasteiger partial charge is 0.465 e. The molecule has 0 atom stereocenters. The molecule has 0 rings (SSSR count). The van der Waals surface area contributed by atoms with Crippen molar-refractivity contribution in [2.45, 2.75) is 20.3 Å². The number of nitrogens with one attached hydrogen (secondary N) is 2. The second-order valence-corrected chi connectivity index (χ2v) is 2.84. The number of carbonyl (C=O) groups excluding carboxylic acids is 1. The van der Waals surface area contributed by atoms with Crippen LogP contribution in [0.5, 0.6) is 0 Å². The Morgan fingerprint density at radius 2 is 1.77 bits per heavy atom. The van der Waals surface area contributed by atoms with Gasteiger partial charge in [-0.1, -0.05) is 6.92 Å². The molecule has 0 aromatic rings. The van der Waals surface area contributed by atoms with Crippen LogP contribution in [0.4, 0.5) is 0 Å². The summed E-state index contributed by atoms with van der Waals surface area (Å²) in [5.41, 5.74) is 0. The Labute approximate surface area is 80.0 Å². The van der Waals surface area contributed by atoms with Gasteiger partial charge in [0.2, 0.25) is 0 Å². The predicted octanol–water partition coefficient (Wildman–Crippen LogP) is 0.139. The second-order valence-electron chi connectivity index (χ2n) is 2.84. The molecule has 0 bridgehead atoms. The number of carbonyl (C=O) groups is 1. The maximum Gasteiger partial charge on any atom is 0.302 e. The van der Waals surface area contributed by atoms with Gasteiger partial charge < -0.3 is 15.4 Å². The van der Waals surface area contributed by atoms with Crippen molar-refractivity contribution in [2.24, 2.45) is 0 Å². The van der Waals surface area contributed by atoms with Crippen LogP contribution in [0, 0.1) is 0 Å². The summed E-state index contributed by atoms with van der Waals surface area (Å²) in [6, 6.07) is 0. The molecule has 78 valence electrons. The zero-order valence-corrected chi connectivity index (χ0v) is 8.56. The van der Waals surface area contributed by atoms with Gasteiger partial charge in [0, 0.05) is 26.6 Å². The van der Waals surface area contributed by atoms with Crippen molar-refractivity contribution in [3.05, 3.63) is 0 Å². The lowest BCUT2D eigenvalue weighted by Crippen LogP contribution is -2.30. The first-order chi connectivity index (χ1) is 6.27. The molecular formula is C9H20N2O2. The quantitative estimate of drug-likeness (QED) is 0.420. The summed E-state index contributed by atoms with van der Waals surface area (Å²) >= 11 is 0. The second kappa shape index (κ2) is 9.48. The minimum atomic E-state index is -0.217. The van der Waals surface area contributed by atoms with Crippen molar-refractivity contribution in [3.8, 4) is 0 Å². The molecule has 0 spiro atoms. The van der Waals surface area contributed by atoms with Gasteiger partial charge in [0.05, 0.1) is 0 Å². The van der Waals surface area contributed by atoms with Gasteiger partial charge in [0.1, 0.15) is 6.61 Å². The first kappa shape index (κ1) is 12.4. The summed E-state index contributed by atoms with van der Waals surface area (Å²) in [5.74, 6) is -0.217. The molecule has 0 aliphatic heterocycles. The lowest BCUT2D eigenvalue weighted by atomic mass is 10.4. The SMILES string of the molecule is CCCNCCNCCOC(C)=O. The molecule has 0 unspecified atom stereocenters. The van der Waals surface area contributed by atoms with E-state index >= 15 is 0 Å². The van der Waals surface area contributed by atoms with Crippen molar-refractivity contribution in [1.82, 2.24) is 10.6 Å². The van der Waals surface area contributed by atoms with Gasteiger partial charge >= 0.3 is 5.97 Å². The van der Waals surface area contributed by atoms with Gasteiger partial charge in [-0.3, -0.25) is 4.79 Å². The van der Waals surface area contributed by atoms with Crippen LogP contribution in [0.25, 0.3) is 0 Å². The molecule has 0 saturated carbocycles. The number of rotatable bonds is 8. The van der Waals surface area contributed by atoms with E-state index in [-0.39, 0.29) is 5.97 Å². The van der Waals surface area contributed by atoms with Crippen LogP contribution in [0.15, 0.2) is 0 Å². The Hall–Kier alpha value is -0.610. The molecule has 0 aliphatic rings. The monoisotopic (exact) mass is 188 g/mol. The summed E-state index contributed by atoms with van der Waals surface area (Å²) in [6.07, 6.45) is 1.16. The highest BCUT2D eigenvalue weighted by atomic mass is 16.5. The van der Waals surface area contributed by atoms with Gasteiger partial charge in [-0.2, -0.15) is 0 Å². The minimum absolute atomic E-state index is 0.217. The van der Waals surface area contributed by atoms with Crippen molar-refractivity contribution in [3.63, 3.8) is 0 Å². The van der Waals surface area contributed by atoms with E-state index in [1.54, 1.807) is 0 Å². The predicted molar refractivity (Wildman–Crippen MR) is 52.7 cm³/mol. The normalized spacial score (nSPS) is 10.0. The van der Waals surface area contributed by atoms with Crippen LogP contribution in [-0.2, 0) is 9.53 Å². The summed E-state index contributed by atoms with van der Waals surface area (Å²) in [7, 11) is 0. The van der Waals surface area contributed by atoms with E-state index < -0.39 is 0 Å². The smallest absolute Gasteiger partial charge is 0.302 e. The Balaban J connectivity index is 2.87. The van der Waals surface area contributed by atoms with E-state index in [0.29, 0.717) is 6.61 Å². The van der Waals surface area contributed by atoms with Crippen LogP contribution in [0.3, 0.4) is 0 Å². The molecule has 0 fully saturated rings. The molecule has 0 aromatic heterocycles. The first-order valence-corrected chi connectivity index (χ1v) is 4.82. The lowest BCUT2D eigenvalue weighted by Gasteiger charge is -2.05. The van der Waals surface area contributed by atoms with Crippen LogP contribution >= 0.6 is 0 Å². The minimum Gasteiger partial charge on any atom is -0.465 e. The molecule has 0 amide bonds. The average Bonchev–Trinajstić information content (AvgIpc) is 2.09. The van der Waals surface area contributed by atoms with E-state index in [0.717, 1.165) is 32.6 Å². The number of esters is 1. The molecule has 2 N–H and O–H groups in total. The Kier molecular flexibility index (Phi) is 9.03. The molecular weight excluding hydrogens is 168 g/mol. The van der Waals surface area contributed by atoms with Gasteiger partial charge in [-0.15, -0.1) is 0 Å². The maximum absolute atomic E-state index is 10.4. The fraction of sp³-hybridized carbons (Fsp3) is 0.889. The highest BCUT2D eigenvalue weighted by Crippen LogP contribution is 1.73. The molecule has 4 nitrogen and oxygen atoms in total. The van der Waals surface area contributed by atoms with Crippen molar-refractivity contribution >= 4 is 5.97 Å². The highest BCUT2D eigenvalue weighted by molar-refractivity contribution is 5.65. The van der Waals surface area contributed by atoms with Crippen molar-refractivity contribution in [2.75, 3.05) is 32.8 Å². The maximum atomic E-state index is 10.4. The standard InChI is InChI=1S/C9H20N2O2/c1-3-4-10-5-6-11-7-8-13-9(2)12/h10-11H,3-8H2,1-2H3. The van der Waals surface area contributed by atoms with E-state index in [1.165, 1.54) is 6.92 Å². The zero-order valence-electron chi connectivity index (χ0n) is 8.56. The summed E-state index contributed by atoms with van der Waals surface area (Å²) < 4.78 is 4.75. The van der Waals surface area contributed by atoms with E-state index in [1.807, 2.05) is 0 Å². The molecule has 13 heavy (non-hydrogen) atoms. The van der Waals surface area contributed by atoms with Crippen LogP contribution in [0.2, 0.25) is 0 Å². The van der Waals surface area contributed by atoms with Gasteiger partial charge in [-0.25, -0.2) is 0 Å². The molecule has 4 heteroatoms. The van der Waals surface area contributed by atoms with Crippen molar-refractivity contribution < 1.29 is 9.53 Å². The fourth-order valence-corrected chi connectivity index (χ4v) is 0.870. The first-order valence-electron chi connectivity index (χ1n) is 4.82. The van der Waals surface area contributed by atoms with Gasteiger partial charge in [0.15, 0.2) is 0 Å². The Morgan fingerprint density at radius 3 is 2.31 bits per heavy atom.